The molecule has 1 atom stereocenters. The standard InChI is InChI=1S/C9H14ClN3S/c10-9-12-6-8(14-9)7-13-4-1-2-11-3-5-13/h6,11H,1-5,7H2/p+2. The van der Waals surface area contributed by atoms with Crippen molar-refractivity contribution in [2.75, 3.05) is 26.2 Å². The van der Waals surface area contributed by atoms with Crippen LogP contribution in [0.4, 0.5) is 0 Å². The van der Waals surface area contributed by atoms with E-state index in [0.717, 1.165) is 6.54 Å². The van der Waals surface area contributed by atoms with Gasteiger partial charge in [-0.05, 0) is 0 Å². The van der Waals surface area contributed by atoms with Crippen LogP contribution in [0.5, 0.6) is 0 Å². The SMILES string of the molecule is Clc1ncc(C[NH+]2CCC[NH2+]CC2)s1. The van der Waals surface area contributed by atoms with Gasteiger partial charge in [-0.15, -0.1) is 11.3 Å². The third kappa shape index (κ3) is 2.92. The van der Waals surface area contributed by atoms with E-state index >= 15 is 0 Å². The van der Waals surface area contributed by atoms with Crippen LogP contribution in [0, 0.1) is 0 Å². The molecule has 1 aliphatic rings. The summed E-state index contributed by atoms with van der Waals surface area (Å²) in [6.45, 7) is 6.18. The van der Waals surface area contributed by atoms with Crippen LogP contribution in [0.3, 0.4) is 0 Å². The molecule has 2 rings (SSSR count). The molecule has 0 spiro atoms. The summed E-state index contributed by atoms with van der Waals surface area (Å²) >= 11 is 7.41. The van der Waals surface area contributed by atoms with Crippen molar-refractivity contribution in [2.45, 2.75) is 13.0 Å². The van der Waals surface area contributed by atoms with Crippen LogP contribution in [0.15, 0.2) is 6.20 Å². The quantitative estimate of drug-likeness (QED) is 0.686. The van der Waals surface area contributed by atoms with Crippen molar-refractivity contribution in [3.05, 3.63) is 15.5 Å². The van der Waals surface area contributed by atoms with Crippen molar-refractivity contribution < 1.29 is 10.2 Å². The number of nitrogens with two attached hydrogens (primary N) is 1. The van der Waals surface area contributed by atoms with Gasteiger partial charge in [-0.2, -0.15) is 0 Å². The van der Waals surface area contributed by atoms with E-state index < -0.39 is 0 Å². The van der Waals surface area contributed by atoms with Gasteiger partial charge in [-0.25, -0.2) is 4.98 Å². The van der Waals surface area contributed by atoms with Crippen LogP contribution >= 0.6 is 22.9 Å². The molecule has 14 heavy (non-hydrogen) atoms. The van der Waals surface area contributed by atoms with Gasteiger partial charge in [-0.3, -0.25) is 0 Å². The molecular weight excluding hydrogens is 218 g/mol. The maximum absolute atomic E-state index is 5.80. The van der Waals surface area contributed by atoms with Crippen molar-refractivity contribution in [1.82, 2.24) is 4.98 Å². The summed E-state index contributed by atoms with van der Waals surface area (Å²) in [6, 6.07) is 0. The number of nitrogens with zero attached hydrogens (tertiary/aromatic N) is 1. The van der Waals surface area contributed by atoms with Gasteiger partial charge in [0.05, 0.1) is 18.0 Å². The summed E-state index contributed by atoms with van der Waals surface area (Å²) in [5, 5.41) is 2.41. The van der Waals surface area contributed by atoms with E-state index in [1.165, 1.54) is 37.5 Å². The molecule has 1 aliphatic heterocycles. The predicted molar refractivity (Wildman–Crippen MR) is 57.8 cm³/mol. The molecule has 0 amide bonds. The van der Waals surface area contributed by atoms with E-state index in [4.69, 9.17) is 11.6 Å². The number of hydrogen-bond donors (Lipinski definition) is 2. The highest BCUT2D eigenvalue weighted by Gasteiger charge is 2.15. The highest BCUT2D eigenvalue weighted by atomic mass is 35.5. The van der Waals surface area contributed by atoms with E-state index in [-0.39, 0.29) is 0 Å². The molecule has 1 saturated heterocycles. The smallest absolute Gasteiger partial charge is 0.183 e. The second-order valence-electron chi connectivity index (χ2n) is 3.73. The zero-order chi connectivity index (χ0) is 9.80. The van der Waals surface area contributed by atoms with Gasteiger partial charge in [0.15, 0.2) is 4.47 Å². The molecule has 0 bridgehead atoms. The molecule has 2 heterocycles. The Hall–Kier alpha value is -0.160. The van der Waals surface area contributed by atoms with Crippen molar-refractivity contribution in [2.24, 2.45) is 0 Å². The molecule has 3 nitrogen and oxygen atoms in total. The zero-order valence-electron chi connectivity index (χ0n) is 8.13. The first-order chi connectivity index (χ1) is 6.84. The monoisotopic (exact) mass is 233 g/mol. The third-order valence-corrected chi connectivity index (χ3v) is 3.71. The molecule has 5 heteroatoms. The van der Waals surface area contributed by atoms with E-state index in [1.54, 1.807) is 16.2 Å². The Morgan fingerprint density at radius 1 is 1.50 bits per heavy atom. The lowest BCUT2D eigenvalue weighted by molar-refractivity contribution is -0.917. The van der Waals surface area contributed by atoms with Gasteiger partial charge in [0, 0.05) is 12.6 Å². The van der Waals surface area contributed by atoms with Crippen molar-refractivity contribution in [3.8, 4) is 0 Å². The molecule has 1 aromatic rings. The lowest BCUT2D eigenvalue weighted by atomic mass is 10.4. The first kappa shape index (κ1) is 10.4. The number of nitrogens with one attached hydrogen (secondary N) is 1. The molecule has 78 valence electrons. The lowest BCUT2D eigenvalue weighted by Gasteiger charge is -2.13. The average Bonchev–Trinajstić information content (AvgIpc) is 2.43. The van der Waals surface area contributed by atoms with Crippen LogP contribution < -0.4 is 10.2 Å². The molecule has 3 N–H and O–H groups in total. The number of hydrogen-bond acceptors (Lipinski definition) is 2. The fraction of sp³-hybridized carbons (Fsp3) is 0.667. The maximum Gasteiger partial charge on any atom is 0.183 e. The van der Waals surface area contributed by atoms with Gasteiger partial charge < -0.3 is 10.2 Å². The summed E-state index contributed by atoms with van der Waals surface area (Å²) in [7, 11) is 0. The van der Waals surface area contributed by atoms with Gasteiger partial charge in [0.1, 0.15) is 19.6 Å². The number of quaternary nitrogens is 2. The van der Waals surface area contributed by atoms with Crippen LogP contribution in [0.1, 0.15) is 11.3 Å². The minimum Gasteiger partial charge on any atom is -0.341 e. The van der Waals surface area contributed by atoms with E-state index in [0.29, 0.717) is 4.47 Å². The van der Waals surface area contributed by atoms with Crippen molar-refractivity contribution in [3.63, 3.8) is 0 Å². The van der Waals surface area contributed by atoms with Crippen LogP contribution in [0.2, 0.25) is 4.47 Å². The highest BCUT2D eigenvalue weighted by molar-refractivity contribution is 7.15. The van der Waals surface area contributed by atoms with Gasteiger partial charge in [0.2, 0.25) is 0 Å². The molecule has 0 radical (unpaired) electrons. The van der Waals surface area contributed by atoms with E-state index in [1.807, 2.05) is 6.20 Å². The minimum absolute atomic E-state index is 0.667. The van der Waals surface area contributed by atoms with E-state index in [2.05, 4.69) is 10.3 Å². The van der Waals surface area contributed by atoms with Crippen LogP contribution in [-0.4, -0.2) is 31.2 Å². The zero-order valence-corrected chi connectivity index (χ0v) is 9.70. The van der Waals surface area contributed by atoms with Gasteiger partial charge in [-0.1, -0.05) is 11.6 Å². The Morgan fingerprint density at radius 3 is 3.21 bits per heavy atom. The summed E-state index contributed by atoms with van der Waals surface area (Å²) in [4.78, 5) is 7.05. The summed E-state index contributed by atoms with van der Waals surface area (Å²) < 4.78 is 0.667. The third-order valence-electron chi connectivity index (χ3n) is 2.59. The molecule has 0 aromatic carbocycles. The number of halogens is 1. The Bertz CT molecular complexity index is 281. The lowest BCUT2D eigenvalue weighted by Crippen LogP contribution is -3.12. The molecule has 1 fully saturated rings. The largest absolute Gasteiger partial charge is 0.341 e. The predicted octanol–water partition coefficient (Wildman–Crippen LogP) is -0.851. The molecule has 0 aliphatic carbocycles. The maximum atomic E-state index is 5.80. The molecular formula is C9H16ClN3S+2. The number of aromatic nitrogens is 1. The van der Waals surface area contributed by atoms with Gasteiger partial charge in [0.25, 0.3) is 0 Å². The Balaban J connectivity index is 1.89. The number of rotatable bonds is 2. The van der Waals surface area contributed by atoms with Crippen LogP contribution in [0.25, 0.3) is 0 Å². The molecule has 0 saturated carbocycles. The van der Waals surface area contributed by atoms with Crippen LogP contribution in [-0.2, 0) is 6.54 Å². The van der Waals surface area contributed by atoms with E-state index in [9.17, 15) is 0 Å². The fourth-order valence-electron chi connectivity index (χ4n) is 1.86. The molecule has 1 unspecified atom stereocenters. The van der Waals surface area contributed by atoms with Crippen molar-refractivity contribution >= 4 is 22.9 Å². The minimum atomic E-state index is 0.667. The first-order valence-electron chi connectivity index (χ1n) is 5.10. The Kier molecular flexibility index (Phi) is 3.75. The summed E-state index contributed by atoms with van der Waals surface area (Å²) in [6.07, 6.45) is 3.23. The summed E-state index contributed by atoms with van der Waals surface area (Å²) in [5.41, 5.74) is 0. The number of thiazole rings is 1. The topological polar surface area (TPSA) is 33.9 Å². The van der Waals surface area contributed by atoms with Gasteiger partial charge >= 0.3 is 0 Å². The normalized spacial score (nSPS) is 23.4. The molecule has 1 aromatic heterocycles. The average molecular weight is 234 g/mol. The van der Waals surface area contributed by atoms with Crippen molar-refractivity contribution in [1.29, 1.82) is 0 Å². The fourth-order valence-corrected chi connectivity index (χ4v) is 2.91. The second-order valence-corrected chi connectivity index (χ2v) is 5.42. The second kappa shape index (κ2) is 5.07. The Morgan fingerprint density at radius 2 is 2.43 bits per heavy atom. The summed E-state index contributed by atoms with van der Waals surface area (Å²) in [5.74, 6) is 0. The highest BCUT2D eigenvalue weighted by Crippen LogP contribution is 2.16. The first-order valence-corrected chi connectivity index (χ1v) is 6.29. The Labute approximate surface area is 93.1 Å².